The standard InChI is InChI=1S/C18H19N3O2/c1-14-7-5-6-10-16(14)20-17(22)11-12-18(23)21-19-13-15-8-3-2-4-9-15/h2-10,13H,11-12H2,1H3,(H,20,22)(H,21,23). The van der Waals surface area contributed by atoms with E-state index in [0.29, 0.717) is 0 Å². The molecule has 0 saturated heterocycles. The van der Waals surface area contributed by atoms with Gasteiger partial charge >= 0.3 is 0 Å². The second-order valence-corrected chi connectivity index (χ2v) is 5.07. The topological polar surface area (TPSA) is 70.6 Å². The van der Waals surface area contributed by atoms with E-state index < -0.39 is 0 Å². The molecule has 0 aliphatic heterocycles. The van der Waals surface area contributed by atoms with Crippen molar-refractivity contribution < 1.29 is 9.59 Å². The number of nitrogens with zero attached hydrogens (tertiary/aromatic N) is 1. The Morgan fingerprint density at radius 1 is 0.957 bits per heavy atom. The van der Waals surface area contributed by atoms with Gasteiger partial charge in [0.2, 0.25) is 11.8 Å². The molecule has 2 N–H and O–H groups in total. The minimum atomic E-state index is -0.294. The Hall–Kier alpha value is -2.95. The van der Waals surface area contributed by atoms with Gasteiger partial charge in [-0.25, -0.2) is 5.43 Å². The van der Waals surface area contributed by atoms with Crippen molar-refractivity contribution >= 4 is 23.7 Å². The normalized spacial score (nSPS) is 10.5. The highest BCUT2D eigenvalue weighted by molar-refractivity contribution is 5.93. The number of rotatable bonds is 6. The van der Waals surface area contributed by atoms with Crippen LogP contribution in [-0.4, -0.2) is 18.0 Å². The van der Waals surface area contributed by atoms with Crippen molar-refractivity contribution in [1.82, 2.24) is 5.43 Å². The van der Waals surface area contributed by atoms with Crippen LogP contribution in [0.1, 0.15) is 24.0 Å². The van der Waals surface area contributed by atoms with E-state index in [9.17, 15) is 9.59 Å². The summed E-state index contributed by atoms with van der Waals surface area (Å²) >= 11 is 0. The molecule has 0 aliphatic rings. The first-order valence-electron chi connectivity index (χ1n) is 7.37. The predicted molar refractivity (Wildman–Crippen MR) is 91.2 cm³/mol. The molecule has 0 aromatic heterocycles. The van der Waals surface area contributed by atoms with Crippen molar-refractivity contribution in [2.75, 3.05) is 5.32 Å². The number of amides is 2. The Balaban J connectivity index is 1.73. The molecule has 0 fully saturated rings. The van der Waals surface area contributed by atoms with Gasteiger partial charge in [0.1, 0.15) is 0 Å². The number of anilines is 1. The van der Waals surface area contributed by atoms with Crippen LogP contribution in [0, 0.1) is 6.92 Å². The molecule has 2 aromatic carbocycles. The number of carbonyl (C=O) groups is 2. The summed E-state index contributed by atoms with van der Waals surface area (Å²) < 4.78 is 0. The van der Waals surface area contributed by atoms with Crippen molar-refractivity contribution in [1.29, 1.82) is 0 Å². The monoisotopic (exact) mass is 309 g/mol. The summed E-state index contributed by atoms with van der Waals surface area (Å²) in [4.78, 5) is 23.5. The van der Waals surface area contributed by atoms with Crippen LogP contribution in [0.3, 0.4) is 0 Å². The van der Waals surface area contributed by atoms with E-state index >= 15 is 0 Å². The molecule has 2 amide bonds. The summed E-state index contributed by atoms with van der Waals surface area (Å²) in [6.07, 6.45) is 1.76. The molecule has 2 rings (SSSR count). The second kappa shape index (κ2) is 8.48. The largest absolute Gasteiger partial charge is 0.326 e. The zero-order valence-corrected chi connectivity index (χ0v) is 13.0. The molecule has 0 unspecified atom stereocenters. The van der Waals surface area contributed by atoms with Crippen LogP contribution in [0.25, 0.3) is 0 Å². The smallest absolute Gasteiger partial charge is 0.240 e. The first-order valence-corrected chi connectivity index (χ1v) is 7.37. The molecule has 2 aromatic rings. The quantitative estimate of drug-likeness (QED) is 0.636. The van der Waals surface area contributed by atoms with Crippen molar-refractivity contribution in [3.05, 3.63) is 65.7 Å². The minimum absolute atomic E-state index is 0.0871. The summed E-state index contributed by atoms with van der Waals surface area (Å²) in [7, 11) is 0. The first kappa shape index (κ1) is 16.4. The van der Waals surface area contributed by atoms with Gasteiger partial charge in [0.15, 0.2) is 0 Å². The molecule has 0 atom stereocenters. The third-order valence-electron chi connectivity index (χ3n) is 3.20. The van der Waals surface area contributed by atoms with Gasteiger partial charge in [-0.2, -0.15) is 5.10 Å². The number of hydrogen-bond donors (Lipinski definition) is 2. The molecule has 5 heteroatoms. The van der Waals surface area contributed by atoms with Gasteiger partial charge in [-0.1, -0.05) is 48.5 Å². The van der Waals surface area contributed by atoms with Crippen LogP contribution in [0.2, 0.25) is 0 Å². The number of carbonyl (C=O) groups excluding carboxylic acids is 2. The number of aryl methyl sites for hydroxylation is 1. The molecule has 118 valence electrons. The van der Waals surface area contributed by atoms with Crippen molar-refractivity contribution in [2.24, 2.45) is 5.10 Å². The third kappa shape index (κ3) is 5.74. The minimum Gasteiger partial charge on any atom is -0.326 e. The molecule has 0 spiro atoms. The zero-order valence-electron chi connectivity index (χ0n) is 13.0. The van der Waals surface area contributed by atoms with Gasteiger partial charge in [-0.3, -0.25) is 9.59 Å². The average molecular weight is 309 g/mol. The molecular formula is C18H19N3O2. The summed E-state index contributed by atoms with van der Waals surface area (Å²) in [5.74, 6) is -0.487. The van der Waals surface area contributed by atoms with E-state index in [1.807, 2.05) is 61.5 Å². The molecule has 0 saturated carbocycles. The maximum Gasteiger partial charge on any atom is 0.240 e. The van der Waals surface area contributed by atoms with Gasteiger partial charge in [0.25, 0.3) is 0 Å². The third-order valence-corrected chi connectivity index (χ3v) is 3.20. The average Bonchev–Trinajstić information content (AvgIpc) is 2.56. The van der Waals surface area contributed by atoms with Crippen LogP contribution in [0.4, 0.5) is 5.69 Å². The highest BCUT2D eigenvalue weighted by Crippen LogP contribution is 2.13. The van der Waals surface area contributed by atoms with Crippen LogP contribution < -0.4 is 10.7 Å². The first-order chi connectivity index (χ1) is 11.1. The molecule has 5 nitrogen and oxygen atoms in total. The Morgan fingerprint density at radius 2 is 1.61 bits per heavy atom. The predicted octanol–water partition coefficient (Wildman–Crippen LogP) is 2.86. The molecule has 23 heavy (non-hydrogen) atoms. The highest BCUT2D eigenvalue weighted by atomic mass is 16.2. The van der Waals surface area contributed by atoms with E-state index in [0.717, 1.165) is 16.8 Å². The fraction of sp³-hybridized carbons (Fsp3) is 0.167. The van der Waals surface area contributed by atoms with Crippen LogP contribution >= 0.6 is 0 Å². The molecule has 0 aliphatic carbocycles. The summed E-state index contributed by atoms with van der Waals surface area (Å²) in [5.41, 5.74) is 5.05. The van der Waals surface area contributed by atoms with Crippen molar-refractivity contribution in [3.8, 4) is 0 Å². The number of benzene rings is 2. The van der Waals surface area contributed by atoms with E-state index in [-0.39, 0.29) is 24.7 Å². The van der Waals surface area contributed by atoms with E-state index in [1.165, 1.54) is 0 Å². The van der Waals surface area contributed by atoms with E-state index in [1.54, 1.807) is 6.21 Å². The summed E-state index contributed by atoms with van der Waals surface area (Å²) in [5, 5.41) is 6.65. The molecular weight excluding hydrogens is 290 g/mol. The van der Waals surface area contributed by atoms with Gasteiger partial charge in [0.05, 0.1) is 6.21 Å². The Bertz CT molecular complexity index is 696. The fourth-order valence-corrected chi connectivity index (χ4v) is 1.93. The summed E-state index contributed by atoms with van der Waals surface area (Å²) in [6, 6.07) is 17.0. The van der Waals surface area contributed by atoms with E-state index in [2.05, 4.69) is 15.8 Å². The lowest BCUT2D eigenvalue weighted by atomic mass is 10.2. The van der Waals surface area contributed by atoms with Crippen molar-refractivity contribution in [2.45, 2.75) is 19.8 Å². The van der Waals surface area contributed by atoms with Crippen molar-refractivity contribution in [3.63, 3.8) is 0 Å². The lowest BCUT2D eigenvalue weighted by Crippen LogP contribution is -2.20. The number of para-hydroxylation sites is 1. The van der Waals surface area contributed by atoms with Crippen LogP contribution in [-0.2, 0) is 9.59 Å². The SMILES string of the molecule is Cc1ccccc1NC(=O)CCC(=O)NN=Cc1ccccc1. The second-order valence-electron chi connectivity index (χ2n) is 5.07. The lowest BCUT2D eigenvalue weighted by molar-refractivity contribution is -0.124. The van der Waals surface area contributed by atoms with Gasteiger partial charge in [-0.05, 0) is 24.1 Å². The Labute approximate surface area is 135 Å². The Kier molecular flexibility index (Phi) is 6.06. The van der Waals surface area contributed by atoms with Gasteiger partial charge in [0, 0.05) is 18.5 Å². The zero-order chi connectivity index (χ0) is 16.5. The highest BCUT2D eigenvalue weighted by Gasteiger charge is 2.07. The molecule has 0 heterocycles. The van der Waals surface area contributed by atoms with Gasteiger partial charge < -0.3 is 5.32 Å². The maximum absolute atomic E-state index is 11.8. The Morgan fingerprint density at radius 3 is 2.35 bits per heavy atom. The number of hydrazone groups is 1. The van der Waals surface area contributed by atoms with Crippen LogP contribution in [0.5, 0.6) is 0 Å². The van der Waals surface area contributed by atoms with Crippen LogP contribution in [0.15, 0.2) is 59.7 Å². The maximum atomic E-state index is 11.8. The van der Waals surface area contributed by atoms with Gasteiger partial charge in [-0.15, -0.1) is 0 Å². The summed E-state index contributed by atoms with van der Waals surface area (Å²) in [6.45, 7) is 1.92. The number of nitrogens with one attached hydrogen (secondary N) is 2. The number of hydrogen-bond acceptors (Lipinski definition) is 3. The molecule has 0 bridgehead atoms. The lowest BCUT2D eigenvalue weighted by Gasteiger charge is -2.07. The fourth-order valence-electron chi connectivity index (χ4n) is 1.93. The van der Waals surface area contributed by atoms with E-state index in [4.69, 9.17) is 0 Å². The molecule has 0 radical (unpaired) electrons.